The highest BCUT2D eigenvalue weighted by Crippen LogP contribution is 2.29. The Morgan fingerprint density at radius 1 is 1.23 bits per heavy atom. The Morgan fingerprint density at radius 2 is 2.00 bits per heavy atom. The maximum atomic E-state index is 12.0. The fraction of sp³-hybridized carbons (Fsp3) is 0.611. The van der Waals surface area contributed by atoms with Gasteiger partial charge in [0.05, 0.1) is 0 Å². The second-order valence-electron chi connectivity index (χ2n) is 6.64. The number of carbonyl (C=O) groups is 1. The van der Waals surface area contributed by atoms with Crippen molar-refractivity contribution in [2.24, 2.45) is 5.92 Å². The first-order valence-corrected chi connectivity index (χ1v) is 8.91. The lowest BCUT2D eigenvalue weighted by molar-refractivity contribution is -0.130. The zero-order valence-electron chi connectivity index (χ0n) is 13.1. The summed E-state index contributed by atoms with van der Waals surface area (Å²) in [5.74, 6) is 0.825. The van der Waals surface area contributed by atoms with Crippen LogP contribution in [0.3, 0.4) is 0 Å². The van der Waals surface area contributed by atoms with Gasteiger partial charge in [-0.2, -0.15) is 0 Å². The third-order valence-corrected chi connectivity index (χ3v) is 4.96. The maximum Gasteiger partial charge on any atom is 0.237 e. The van der Waals surface area contributed by atoms with E-state index >= 15 is 0 Å². The van der Waals surface area contributed by atoms with E-state index in [2.05, 4.69) is 35.2 Å². The largest absolute Gasteiger partial charge is 0.338 e. The van der Waals surface area contributed by atoms with Crippen molar-refractivity contribution < 1.29 is 4.79 Å². The summed E-state index contributed by atoms with van der Waals surface area (Å²) in [4.78, 5) is 16.6. The van der Waals surface area contributed by atoms with Crippen molar-refractivity contribution in [3.63, 3.8) is 0 Å². The summed E-state index contributed by atoms with van der Waals surface area (Å²) in [5.41, 5.74) is 1.37. The number of benzene rings is 1. The average molecular weight is 321 g/mol. The molecule has 1 unspecified atom stereocenters. The van der Waals surface area contributed by atoms with Crippen molar-refractivity contribution in [3.05, 3.63) is 35.9 Å². The number of hydrogen-bond acceptors (Lipinski definition) is 2. The van der Waals surface area contributed by atoms with Crippen LogP contribution >= 0.6 is 11.6 Å². The molecule has 1 atom stereocenters. The molecule has 0 N–H and O–H groups in total. The molecule has 0 radical (unpaired) electrons. The summed E-state index contributed by atoms with van der Waals surface area (Å²) in [5, 5.41) is 0. The highest BCUT2D eigenvalue weighted by Gasteiger charge is 2.34. The summed E-state index contributed by atoms with van der Waals surface area (Å²) < 4.78 is 0. The minimum absolute atomic E-state index is 0.115. The molecule has 1 heterocycles. The van der Waals surface area contributed by atoms with E-state index < -0.39 is 0 Å². The zero-order chi connectivity index (χ0) is 15.4. The van der Waals surface area contributed by atoms with E-state index in [0.29, 0.717) is 12.0 Å². The molecule has 3 nitrogen and oxygen atoms in total. The minimum atomic E-state index is 0.115. The molecule has 0 spiro atoms. The van der Waals surface area contributed by atoms with E-state index in [9.17, 15) is 4.79 Å². The van der Waals surface area contributed by atoms with E-state index in [-0.39, 0.29) is 11.8 Å². The molecular weight excluding hydrogens is 296 g/mol. The number of amides is 1. The molecule has 1 aliphatic carbocycles. The lowest BCUT2D eigenvalue weighted by Gasteiger charge is -2.35. The van der Waals surface area contributed by atoms with Gasteiger partial charge in [-0.05, 0) is 43.7 Å². The molecule has 3 rings (SSSR count). The normalized spacial score (nSPS) is 22.5. The van der Waals surface area contributed by atoms with Crippen LogP contribution in [-0.2, 0) is 11.3 Å². The number of carbonyl (C=O) groups excluding carboxylic acids is 1. The lowest BCUT2D eigenvalue weighted by atomic mass is 9.96. The first-order chi connectivity index (χ1) is 10.8. The molecule has 0 aromatic heterocycles. The van der Waals surface area contributed by atoms with Gasteiger partial charge in [-0.1, -0.05) is 30.3 Å². The lowest BCUT2D eigenvalue weighted by Crippen LogP contribution is -2.44. The molecule has 1 aromatic rings. The van der Waals surface area contributed by atoms with Gasteiger partial charge in [0, 0.05) is 25.7 Å². The van der Waals surface area contributed by atoms with Gasteiger partial charge >= 0.3 is 0 Å². The Hall–Kier alpha value is -1.06. The van der Waals surface area contributed by atoms with Crippen LogP contribution in [0.5, 0.6) is 0 Å². The summed E-state index contributed by atoms with van der Waals surface area (Å²) in [6.45, 7) is 4.16. The second-order valence-corrected chi connectivity index (χ2v) is 6.91. The fourth-order valence-electron chi connectivity index (χ4n) is 3.48. The van der Waals surface area contributed by atoms with Gasteiger partial charge in [0.2, 0.25) is 5.91 Å². The Balaban J connectivity index is 1.54. The number of rotatable bonds is 6. The SMILES string of the molecule is O=C(CCl)N(CC1CCCN(Cc2ccccc2)C1)C1CC1. The van der Waals surface area contributed by atoms with Crippen LogP contribution in [0.25, 0.3) is 0 Å². The topological polar surface area (TPSA) is 23.6 Å². The van der Waals surface area contributed by atoms with Gasteiger partial charge in [0.15, 0.2) is 0 Å². The van der Waals surface area contributed by atoms with Gasteiger partial charge < -0.3 is 4.90 Å². The van der Waals surface area contributed by atoms with Crippen molar-refractivity contribution in [2.45, 2.75) is 38.3 Å². The zero-order valence-corrected chi connectivity index (χ0v) is 13.8. The van der Waals surface area contributed by atoms with E-state index in [4.69, 9.17) is 11.6 Å². The molecule has 2 aliphatic rings. The van der Waals surface area contributed by atoms with Crippen molar-refractivity contribution in [1.29, 1.82) is 0 Å². The molecule has 1 amide bonds. The Labute approximate surface area is 138 Å². The van der Waals surface area contributed by atoms with Crippen LogP contribution in [0.15, 0.2) is 30.3 Å². The molecular formula is C18H25ClN2O. The number of nitrogens with zero attached hydrogens (tertiary/aromatic N) is 2. The second kappa shape index (κ2) is 7.47. The summed E-state index contributed by atoms with van der Waals surface area (Å²) >= 11 is 5.77. The van der Waals surface area contributed by atoms with E-state index in [1.807, 2.05) is 4.90 Å². The van der Waals surface area contributed by atoms with E-state index in [1.165, 1.54) is 18.4 Å². The molecule has 1 saturated carbocycles. The number of halogens is 1. The first kappa shape index (κ1) is 15.8. The number of hydrogen-bond donors (Lipinski definition) is 0. The van der Waals surface area contributed by atoms with Gasteiger partial charge in [-0.25, -0.2) is 0 Å². The van der Waals surface area contributed by atoms with Crippen molar-refractivity contribution in [2.75, 3.05) is 25.5 Å². The predicted octanol–water partition coefficient (Wildman–Crippen LogP) is 3.13. The van der Waals surface area contributed by atoms with Crippen molar-refractivity contribution in [1.82, 2.24) is 9.80 Å². The Morgan fingerprint density at radius 3 is 2.68 bits per heavy atom. The summed E-state index contributed by atoms with van der Waals surface area (Å²) in [7, 11) is 0. The van der Waals surface area contributed by atoms with Crippen LogP contribution < -0.4 is 0 Å². The molecule has 4 heteroatoms. The van der Waals surface area contributed by atoms with Crippen LogP contribution in [-0.4, -0.2) is 47.3 Å². The molecule has 0 bridgehead atoms. The number of likely N-dealkylation sites (tertiary alicyclic amines) is 1. The average Bonchev–Trinajstić information content (AvgIpc) is 3.38. The third-order valence-electron chi connectivity index (χ3n) is 4.73. The van der Waals surface area contributed by atoms with Crippen LogP contribution in [0.1, 0.15) is 31.2 Å². The summed E-state index contributed by atoms with van der Waals surface area (Å²) in [6, 6.07) is 11.1. The Kier molecular flexibility index (Phi) is 5.37. The molecule has 120 valence electrons. The molecule has 1 saturated heterocycles. The predicted molar refractivity (Wildman–Crippen MR) is 89.9 cm³/mol. The smallest absolute Gasteiger partial charge is 0.237 e. The highest BCUT2D eigenvalue weighted by atomic mass is 35.5. The first-order valence-electron chi connectivity index (χ1n) is 8.38. The highest BCUT2D eigenvalue weighted by molar-refractivity contribution is 6.27. The fourth-order valence-corrected chi connectivity index (χ4v) is 3.63. The monoisotopic (exact) mass is 320 g/mol. The van der Waals surface area contributed by atoms with E-state index in [0.717, 1.165) is 39.0 Å². The molecule has 2 fully saturated rings. The quantitative estimate of drug-likeness (QED) is 0.752. The number of piperidine rings is 1. The molecule has 1 aromatic carbocycles. The maximum absolute atomic E-state index is 12.0. The minimum Gasteiger partial charge on any atom is -0.338 e. The standard InChI is InChI=1S/C18H25ClN2O/c19-11-18(22)21(17-8-9-17)14-16-7-4-10-20(13-16)12-15-5-2-1-3-6-15/h1-3,5-6,16-17H,4,7-14H2. The molecule has 1 aliphatic heterocycles. The van der Waals surface area contributed by atoms with Gasteiger partial charge in [0.25, 0.3) is 0 Å². The van der Waals surface area contributed by atoms with Crippen LogP contribution in [0.4, 0.5) is 0 Å². The summed E-state index contributed by atoms with van der Waals surface area (Å²) in [6.07, 6.45) is 4.77. The van der Waals surface area contributed by atoms with Crippen molar-refractivity contribution >= 4 is 17.5 Å². The van der Waals surface area contributed by atoms with E-state index in [1.54, 1.807) is 0 Å². The van der Waals surface area contributed by atoms with Crippen molar-refractivity contribution in [3.8, 4) is 0 Å². The Bertz CT molecular complexity index is 489. The van der Waals surface area contributed by atoms with Crippen LogP contribution in [0.2, 0.25) is 0 Å². The van der Waals surface area contributed by atoms with Crippen LogP contribution in [0, 0.1) is 5.92 Å². The third kappa shape index (κ3) is 4.23. The van der Waals surface area contributed by atoms with Gasteiger partial charge in [0.1, 0.15) is 5.88 Å². The van der Waals surface area contributed by atoms with Gasteiger partial charge in [-0.15, -0.1) is 11.6 Å². The number of alkyl halides is 1. The van der Waals surface area contributed by atoms with Gasteiger partial charge in [-0.3, -0.25) is 9.69 Å². The molecule has 22 heavy (non-hydrogen) atoms.